The van der Waals surface area contributed by atoms with Crippen molar-refractivity contribution in [1.29, 1.82) is 0 Å². The first-order chi connectivity index (χ1) is 29.8. The Hall–Kier alpha value is -6.84. The van der Waals surface area contributed by atoms with Crippen molar-refractivity contribution < 1.29 is 0 Å². The number of benzene rings is 9. The third kappa shape index (κ3) is 4.96. The molecule has 2 heteroatoms. The van der Waals surface area contributed by atoms with Crippen LogP contribution in [0.3, 0.4) is 0 Å². The lowest BCUT2D eigenvalue weighted by molar-refractivity contribution is 0.654. The van der Waals surface area contributed by atoms with Crippen molar-refractivity contribution in [1.82, 2.24) is 0 Å². The van der Waals surface area contributed by atoms with Gasteiger partial charge in [0.05, 0.1) is 0 Å². The molecule has 0 amide bonds. The Morgan fingerprint density at radius 3 is 1.80 bits per heavy atom. The van der Waals surface area contributed by atoms with Crippen molar-refractivity contribution in [3.8, 4) is 22.3 Å². The van der Waals surface area contributed by atoms with Crippen LogP contribution in [0, 0.1) is 5.92 Å². The maximum atomic E-state index is 2.47. The van der Waals surface area contributed by atoms with Crippen LogP contribution in [-0.4, -0.2) is 0 Å². The van der Waals surface area contributed by atoms with Gasteiger partial charge in [-0.1, -0.05) is 188 Å². The molecule has 0 aliphatic heterocycles. The van der Waals surface area contributed by atoms with E-state index in [1.165, 1.54) is 118 Å². The van der Waals surface area contributed by atoms with E-state index in [9.17, 15) is 0 Å². The second kappa shape index (κ2) is 13.3. The van der Waals surface area contributed by atoms with Gasteiger partial charge in [-0.3, -0.25) is 0 Å². The van der Waals surface area contributed by atoms with Crippen molar-refractivity contribution >= 4 is 90.1 Å². The molecule has 0 saturated heterocycles. The molecule has 9 aromatic carbocycles. The molecular formula is C58H36S2. The van der Waals surface area contributed by atoms with Crippen LogP contribution in [0.25, 0.3) is 89.7 Å². The van der Waals surface area contributed by atoms with Gasteiger partial charge in [0.15, 0.2) is 0 Å². The molecule has 2 atom stereocenters. The van der Waals surface area contributed by atoms with Crippen LogP contribution in [0.5, 0.6) is 0 Å². The molecule has 0 nitrogen and oxygen atoms in total. The highest BCUT2D eigenvalue weighted by molar-refractivity contribution is 7.26. The molecular weight excluding hydrogens is 761 g/mol. The third-order valence-electron chi connectivity index (χ3n) is 13.1. The summed E-state index contributed by atoms with van der Waals surface area (Å²) in [7, 11) is 0. The van der Waals surface area contributed by atoms with Crippen LogP contribution in [0.1, 0.15) is 28.2 Å². The molecule has 2 unspecified atom stereocenters. The number of thiophene rings is 2. The first-order valence-electron chi connectivity index (χ1n) is 20.8. The summed E-state index contributed by atoms with van der Waals surface area (Å²) in [6.07, 6.45) is 9.36. The zero-order valence-electron chi connectivity index (χ0n) is 32.6. The average Bonchev–Trinajstić information content (AvgIpc) is 3.89. The maximum absolute atomic E-state index is 2.47. The minimum atomic E-state index is 0.175. The lowest BCUT2D eigenvalue weighted by atomic mass is 9.66. The number of rotatable bonds is 4. The molecule has 0 saturated carbocycles. The Kier molecular flexibility index (Phi) is 7.57. The fourth-order valence-corrected chi connectivity index (χ4v) is 13.1. The molecule has 2 heterocycles. The highest BCUT2D eigenvalue weighted by Crippen LogP contribution is 2.54. The van der Waals surface area contributed by atoms with Gasteiger partial charge in [-0.15, -0.1) is 22.7 Å². The second-order valence-corrected chi connectivity index (χ2v) is 18.3. The molecule has 0 radical (unpaired) electrons. The average molecular weight is 797 g/mol. The molecule has 0 N–H and O–H groups in total. The molecule has 0 bridgehead atoms. The number of allylic oxidation sites excluding steroid dienone is 5. The van der Waals surface area contributed by atoms with E-state index in [0.717, 1.165) is 0 Å². The first-order valence-corrected chi connectivity index (χ1v) is 22.5. The highest BCUT2D eigenvalue weighted by Gasteiger charge is 2.37. The van der Waals surface area contributed by atoms with Gasteiger partial charge in [0, 0.05) is 52.2 Å². The SMILES string of the molecule is C1=CC2=C(c3cccc4sc5ccccc5c34)c3ccccc3C(c3cccc4c3sc3cc(-c5c6ccccc6c(-c6ccccc6)c6ccccc56)ccc34)C2C=C1. The fourth-order valence-electron chi connectivity index (χ4n) is 10.7. The lowest BCUT2D eigenvalue weighted by Crippen LogP contribution is -2.23. The Morgan fingerprint density at radius 1 is 0.383 bits per heavy atom. The second-order valence-electron chi connectivity index (χ2n) is 16.2. The minimum Gasteiger partial charge on any atom is -0.135 e. The van der Waals surface area contributed by atoms with E-state index in [1.54, 1.807) is 0 Å². The van der Waals surface area contributed by atoms with Gasteiger partial charge in [0.2, 0.25) is 0 Å². The van der Waals surface area contributed by atoms with Crippen LogP contribution >= 0.6 is 22.7 Å². The monoisotopic (exact) mass is 796 g/mol. The third-order valence-corrected chi connectivity index (χ3v) is 15.4. The van der Waals surface area contributed by atoms with E-state index in [2.05, 4.69) is 206 Å². The number of hydrogen-bond donors (Lipinski definition) is 0. The molecule has 11 aromatic rings. The van der Waals surface area contributed by atoms with E-state index in [4.69, 9.17) is 0 Å². The van der Waals surface area contributed by atoms with Crippen molar-refractivity contribution in [2.24, 2.45) is 5.92 Å². The van der Waals surface area contributed by atoms with Gasteiger partial charge in [-0.05, 0) is 95.4 Å². The zero-order valence-corrected chi connectivity index (χ0v) is 34.2. The van der Waals surface area contributed by atoms with Crippen molar-refractivity contribution in [2.75, 3.05) is 0 Å². The normalized spacial score (nSPS) is 16.1. The summed E-state index contributed by atoms with van der Waals surface area (Å²) in [4.78, 5) is 0. The van der Waals surface area contributed by atoms with Gasteiger partial charge in [-0.2, -0.15) is 0 Å². The quantitative estimate of drug-likeness (QED) is 0.156. The Balaban J connectivity index is 1.01. The summed E-state index contributed by atoms with van der Waals surface area (Å²) in [5.74, 6) is 0.376. The highest BCUT2D eigenvalue weighted by atomic mass is 32.1. The molecule has 2 aliphatic carbocycles. The minimum absolute atomic E-state index is 0.175. The van der Waals surface area contributed by atoms with Gasteiger partial charge in [-0.25, -0.2) is 0 Å². The Bertz CT molecular complexity index is 3610. The Morgan fingerprint density at radius 2 is 1.00 bits per heavy atom. The molecule has 13 rings (SSSR count). The topological polar surface area (TPSA) is 0 Å². The van der Waals surface area contributed by atoms with Crippen LogP contribution < -0.4 is 0 Å². The first kappa shape index (κ1) is 34.1. The molecule has 0 spiro atoms. The van der Waals surface area contributed by atoms with Gasteiger partial charge in [0.25, 0.3) is 0 Å². The van der Waals surface area contributed by atoms with E-state index in [-0.39, 0.29) is 11.8 Å². The molecule has 2 aliphatic rings. The van der Waals surface area contributed by atoms with Crippen LogP contribution in [-0.2, 0) is 0 Å². The van der Waals surface area contributed by atoms with E-state index >= 15 is 0 Å². The van der Waals surface area contributed by atoms with E-state index in [0.29, 0.717) is 0 Å². The largest absolute Gasteiger partial charge is 0.135 e. The summed E-state index contributed by atoms with van der Waals surface area (Å²) in [5.41, 5.74) is 13.4. The van der Waals surface area contributed by atoms with Crippen molar-refractivity contribution in [3.05, 3.63) is 234 Å². The summed E-state index contributed by atoms with van der Waals surface area (Å²) in [6, 6.07) is 68.1. The standard InChI is InChI=1S/C58H36S2/c1-2-16-35(17-3-1)53-38-18-4-6-20-40(38)54(41-21-7-5-19-39(41)53)36-32-33-37-46-27-14-29-49(58(46)60-52(37)34-36)56-44-24-10-8-22-42(44)55(43-23-9-11-25-45(43)56)48-28-15-31-51-57(48)47-26-12-13-30-50(47)59-51/h1-34,44,56H. The van der Waals surface area contributed by atoms with E-state index in [1.807, 2.05) is 22.7 Å². The van der Waals surface area contributed by atoms with Gasteiger partial charge < -0.3 is 0 Å². The van der Waals surface area contributed by atoms with Crippen LogP contribution in [0.15, 0.2) is 212 Å². The van der Waals surface area contributed by atoms with Crippen molar-refractivity contribution in [2.45, 2.75) is 5.92 Å². The predicted octanol–water partition coefficient (Wildman–Crippen LogP) is 16.8. The van der Waals surface area contributed by atoms with Crippen LogP contribution in [0.2, 0.25) is 0 Å². The maximum Gasteiger partial charge on any atom is 0.0393 e. The summed E-state index contributed by atoms with van der Waals surface area (Å²) in [6.45, 7) is 0. The number of hydrogen-bond acceptors (Lipinski definition) is 2. The van der Waals surface area contributed by atoms with Crippen molar-refractivity contribution in [3.63, 3.8) is 0 Å². The molecule has 60 heavy (non-hydrogen) atoms. The zero-order chi connectivity index (χ0) is 39.3. The predicted molar refractivity (Wildman–Crippen MR) is 261 cm³/mol. The molecule has 280 valence electrons. The Labute approximate surface area is 356 Å². The van der Waals surface area contributed by atoms with Crippen LogP contribution in [0.4, 0.5) is 0 Å². The summed E-state index contributed by atoms with van der Waals surface area (Å²) in [5, 5.41) is 10.5. The molecule has 2 aromatic heterocycles. The molecule has 0 fully saturated rings. The van der Waals surface area contributed by atoms with E-state index < -0.39 is 0 Å². The van der Waals surface area contributed by atoms with Gasteiger partial charge >= 0.3 is 0 Å². The summed E-state index contributed by atoms with van der Waals surface area (Å²) < 4.78 is 5.39. The fraction of sp³-hybridized carbons (Fsp3) is 0.0345. The lowest BCUT2D eigenvalue weighted by Gasteiger charge is -2.37. The summed E-state index contributed by atoms with van der Waals surface area (Å²) >= 11 is 3.86. The smallest absolute Gasteiger partial charge is 0.0393 e. The van der Waals surface area contributed by atoms with Gasteiger partial charge in [0.1, 0.15) is 0 Å². The number of fused-ring (bicyclic) bond motifs is 10.